The molecule has 9 nitrogen and oxygen atoms in total. The average Bonchev–Trinajstić information content (AvgIpc) is 3.34. The van der Waals surface area contributed by atoms with Gasteiger partial charge in [0.05, 0.1) is 22.6 Å². The largest absolute Gasteiger partial charge is 0.376 e. The number of nitrogens with one attached hydrogen (secondary N) is 3. The smallest absolute Gasteiger partial charge is 0.246 e. The van der Waals surface area contributed by atoms with Gasteiger partial charge in [-0.05, 0) is 49.0 Å². The zero-order valence-electron chi connectivity index (χ0n) is 19.0. The minimum absolute atomic E-state index is 0.0792. The number of anilines is 2. The highest BCUT2D eigenvalue weighted by Crippen LogP contribution is 2.35. The first kappa shape index (κ1) is 24.6. The summed E-state index contributed by atoms with van der Waals surface area (Å²) in [6.07, 6.45) is 11.9. The van der Waals surface area contributed by atoms with Crippen molar-refractivity contribution in [3.05, 3.63) is 88.8 Å². The van der Waals surface area contributed by atoms with Gasteiger partial charge in [-0.15, -0.1) is 4.91 Å². The molecule has 3 aromatic heterocycles. The molecule has 2 unspecified atom stereocenters. The Labute approximate surface area is 211 Å². The fourth-order valence-electron chi connectivity index (χ4n) is 3.57. The van der Waals surface area contributed by atoms with Crippen LogP contribution in [0.4, 0.5) is 10.9 Å². The Morgan fingerprint density at radius 2 is 2.03 bits per heavy atom. The summed E-state index contributed by atoms with van der Waals surface area (Å²) < 4.78 is 0.975. The summed E-state index contributed by atoms with van der Waals surface area (Å²) in [6.45, 7) is 2.05. The quantitative estimate of drug-likeness (QED) is 0.319. The van der Waals surface area contributed by atoms with Gasteiger partial charge in [-0.2, -0.15) is 0 Å². The second-order valence-corrected chi connectivity index (χ2v) is 10.2. The highest BCUT2D eigenvalue weighted by Gasteiger charge is 2.35. The van der Waals surface area contributed by atoms with E-state index < -0.39 is 11.6 Å². The average molecular weight is 508 g/mol. The van der Waals surface area contributed by atoms with E-state index in [9.17, 15) is 9.70 Å². The van der Waals surface area contributed by atoms with Crippen molar-refractivity contribution in [3.8, 4) is 0 Å². The van der Waals surface area contributed by atoms with Gasteiger partial charge in [0.25, 0.3) is 0 Å². The van der Waals surface area contributed by atoms with Crippen molar-refractivity contribution in [2.24, 2.45) is 5.18 Å². The maximum atomic E-state index is 12.9. The standard InChI is InChI=1S/C24H25N7O2S2/c1-2-10-24(31-33,19-7-3-5-11-26-19)16-29-22(32)18-14-17(9-13-25-18)34-21-15-28-23(35-21)30-20-8-4-6-12-27-20/h3-9,11-15,18,25H,2,10,16H2,1H3,(H,29,32)(H,27,28,30). The van der Waals surface area contributed by atoms with Crippen molar-refractivity contribution in [2.45, 2.75) is 35.6 Å². The summed E-state index contributed by atoms with van der Waals surface area (Å²) in [5.74, 6) is 0.486. The lowest BCUT2D eigenvalue weighted by Crippen LogP contribution is -2.47. The zero-order chi connectivity index (χ0) is 24.5. The molecule has 0 aromatic carbocycles. The Morgan fingerprint density at radius 1 is 1.20 bits per heavy atom. The molecule has 0 saturated carbocycles. The number of thioether (sulfide) groups is 1. The predicted octanol–water partition coefficient (Wildman–Crippen LogP) is 4.72. The molecule has 0 spiro atoms. The molecular formula is C24H25N7O2S2. The van der Waals surface area contributed by atoms with Gasteiger partial charge in [-0.25, -0.2) is 9.97 Å². The summed E-state index contributed by atoms with van der Waals surface area (Å²) >= 11 is 3.02. The molecule has 3 aromatic rings. The normalized spacial score (nSPS) is 16.5. The number of nitrogens with zero attached hydrogens (tertiary/aromatic N) is 4. The summed E-state index contributed by atoms with van der Waals surface area (Å²) in [6, 6.07) is 10.4. The fraction of sp³-hybridized carbons (Fsp3) is 0.250. The Bertz CT molecular complexity index is 1200. The molecule has 0 fully saturated rings. The monoisotopic (exact) mass is 507 g/mol. The third kappa shape index (κ3) is 6.31. The van der Waals surface area contributed by atoms with Crippen LogP contribution in [-0.2, 0) is 10.3 Å². The van der Waals surface area contributed by atoms with Crippen LogP contribution in [0, 0.1) is 4.91 Å². The first-order valence-corrected chi connectivity index (χ1v) is 12.7. The molecule has 1 aliphatic heterocycles. The van der Waals surface area contributed by atoms with Crippen molar-refractivity contribution in [2.75, 3.05) is 11.9 Å². The molecule has 1 amide bonds. The first-order valence-electron chi connectivity index (χ1n) is 11.1. The minimum Gasteiger partial charge on any atom is -0.376 e. The Hall–Kier alpha value is -3.57. The van der Waals surface area contributed by atoms with E-state index in [0.29, 0.717) is 12.1 Å². The molecule has 4 rings (SSSR count). The number of thiazole rings is 1. The number of carbonyl (C=O) groups is 1. The van der Waals surface area contributed by atoms with Crippen LogP contribution < -0.4 is 16.0 Å². The van der Waals surface area contributed by atoms with Crippen LogP contribution in [0.15, 0.2) is 87.6 Å². The maximum absolute atomic E-state index is 12.9. The number of nitroso groups, excluding NO2 is 1. The fourth-order valence-corrected chi connectivity index (χ4v) is 5.50. The van der Waals surface area contributed by atoms with Gasteiger partial charge < -0.3 is 16.0 Å². The molecule has 4 heterocycles. The van der Waals surface area contributed by atoms with Crippen LogP contribution in [0.25, 0.3) is 0 Å². The Balaban J connectivity index is 1.38. The van der Waals surface area contributed by atoms with E-state index in [1.807, 2.05) is 43.3 Å². The number of hydrogen-bond acceptors (Lipinski definition) is 10. The molecule has 2 atom stereocenters. The zero-order valence-corrected chi connectivity index (χ0v) is 20.7. The number of pyridine rings is 2. The van der Waals surface area contributed by atoms with Crippen LogP contribution in [0.2, 0.25) is 0 Å². The third-order valence-corrected chi connectivity index (χ3v) is 7.30. The predicted molar refractivity (Wildman–Crippen MR) is 139 cm³/mol. The molecule has 0 radical (unpaired) electrons. The van der Waals surface area contributed by atoms with Crippen LogP contribution in [0.1, 0.15) is 25.5 Å². The van der Waals surface area contributed by atoms with Gasteiger partial charge in [0.15, 0.2) is 10.7 Å². The lowest BCUT2D eigenvalue weighted by molar-refractivity contribution is -0.122. The van der Waals surface area contributed by atoms with Crippen LogP contribution in [0.5, 0.6) is 0 Å². The maximum Gasteiger partial charge on any atom is 0.246 e. The number of dihydropyridines is 1. The minimum atomic E-state index is -1.10. The molecule has 0 aliphatic carbocycles. The number of carbonyl (C=O) groups excluding carboxylic acids is 1. The lowest BCUT2D eigenvalue weighted by atomic mass is 9.90. The van der Waals surface area contributed by atoms with E-state index in [4.69, 9.17) is 0 Å². The van der Waals surface area contributed by atoms with Gasteiger partial charge in [0.2, 0.25) is 5.91 Å². The van der Waals surface area contributed by atoms with Gasteiger partial charge in [0, 0.05) is 17.3 Å². The third-order valence-electron chi connectivity index (χ3n) is 5.27. The van der Waals surface area contributed by atoms with Gasteiger partial charge in [-0.1, -0.05) is 53.8 Å². The molecule has 3 N–H and O–H groups in total. The molecule has 0 saturated heterocycles. The van der Waals surface area contributed by atoms with Gasteiger partial charge in [-0.3, -0.25) is 9.78 Å². The van der Waals surface area contributed by atoms with Crippen molar-refractivity contribution in [1.82, 2.24) is 25.6 Å². The van der Waals surface area contributed by atoms with E-state index >= 15 is 0 Å². The van der Waals surface area contributed by atoms with Crippen molar-refractivity contribution in [3.63, 3.8) is 0 Å². The van der Waals surface area contributed by atoms with Crippen LogP contribution in [-0.4, -0.2) is 33.4 Å². The number of hydrogen-bond donors (Lipinski definition) is 3. The molecule has 1 aliphatic rings. The highest BCUT2D eigenvalue weighted by molar-refractivity contribution is 8.05. The Kier molecular flexibility index (Phi) is 8.22. The lowest BCUT2D eigenvalue weighted by Gasteiger charge is -2.27. The number of aromatic nitrogens is 3. The van der Waals surface area contributed by atoms with Crippen molar-refractivity contribution < 1.29 is 4.79 Å². The SMILES string of the molecule is CCCC(CNC(=O)C1C=C(Sc2cnc(Nc3ccccn3)s2)C=CN1)(N=O)c1ccccn1. The van der Waals surface area contributed by atoms with E-state index in [0.717, 1.165) is 26.5 Å². The second kappa shape index (κ2) is 11.7. The molecular weight excluding hydrogens is 482 g/mol. The number of rotatable bonds is 11. The van der Waals surface area contributed by atoms with E-state index in [-0.39, 0.29) is 12.5 Å². The van der Waals surface area contributed by atoms with Crippen LogP contribution in [0.3, 0.4) is 0 Å². The second-order valence-electron chi connectivity index (χ2n) is 7.78. The van der Waals surface area contributed by atoms with Crippen molar-refractivity contribution in [1.29, 1.82) is 0 Å². The molecule has 0 bridgehead atoms. The van der Waals surface area contributed by atoms with Crippen molar-refractivity contribution >= 4 is 40.0 Å². The molecule has 11 heteroatoms. The topological polar surface area (TPSA) is 121 Å². The van der Waals surface area contributed by atoms with Gasteiger partial charge >= 0.3 is 0 Å². The van der Waals surface area contributed by atoms with E-state index in [1.54, 1.807) is 36.9 Å². The molecule has 180 valence electrons. The summed E-state index contributed by atoms with van der Waals surface area (Å²) in [7, 11) is 0. The van der Waals surface area contributed by atoms with Crippen LogP contribution >= 0.6 is 23.1 Å². The summed E-state index contributed by atoms with van der Waals surface area (Å²) in [5, 5.41) is 13.3. The first-order chi connectivity index (χ1) is 17.1. The van der Waals surface area contributed by atoms with E-state index in [1.165, 1.54) is 23.1 Å². The summed E-state index contributed by atoms with van der Waals surface area (Å²) in [5.41, 5.74) is -0.544. The number of allylic oxidation sites excluding steroid dienone is 1. The highest BCUT2D eigenvalue weighted by atomic mass is 32.2. The van der Waals surface area contributed by atoms with E-state index in [2.05, 4.69) is 36.1 Å². The number of amides is 1. The Morgan fingerprint density at radius 3 is 2.74 bits per heavy atom. The molecule has 35 heavy (non-hydrogen) atoms. The summed E-state index contributed by atoms with van der Waals surface area (Å²) in [4.78, 5) is 38.7. The van der Waals surface area contributed by atoms with Gasteiger partial charge in [0.1, 0.15) is 11.9 Å².